The number of hydrogen-bond donors (Lipinski definition) is 1. The van der Waals surface area contributed by atoms with Crippen LogP contribution in [-0.4, -0.2) is 62.5 Å². The minimum absolute atomic E-state index is 0.00697. The molecule has 2 aliphatic heterocycles. The Morgan fingerprint density at radius 2 is 2.00 bits per heavy atom. The van der Waals surface area contributed by atoms with Crippen LogP contribution in [0, 0.1) is 5.82 Å². The molecule has 3 aliphatic rings. The first kappa shape index (κ1) is 20.9. The largest absolute Gasteiger partial charge is 0.495 e. The van der Waals surface area contributed by atoms with Crippen molar-refractivity contribution in [2.75, 3.05) is 44.7 Å². The highest BCUT2D eigenvalue weighted by Gasteiger charge is 2.35. The Balaban J connectivity index is 1.13. The molecule has 7 heteroatoms. The number of methoxy groups -OCH3 is 1. The minimum atomic E-state index is -0.180. The summed E-state index contributed by atoms with van der Waals surface area (Å²) >= 11 is 0. The van der Waals surface area contributed by atoms with Crippen LogP contribution in [0.2, 0.25) is 0 Å². The average molecular weight is 437 g/mol. The highest BCUT2D eigenvalue weighted by molar-refractivity contribution is 6.00. The summed E-state index contributed by atoms with van der Waals surface area (Å²) in [6, 6.07) is 13.3. The fourth-order valence-electron chi connectivity index (χ4n) is 5.25. The second kappa shape index (κ2) is 8.90. The van der Waals surface area contributed by atoms with Crippen LogP contribution in [0.25, 0.3) is 0 Å². The van der Waals surface area contributed by atoms with Crippen molar-refractivity contribution in [1.82, 2.24) is 10.2 Å². The first-order valence-electron chi connectivity index (χ1n) is 11.4. The molecule has 168 valence electrons. The van der Waals surface area contributed by atoms with Crippen LogP contribution in [0.4, 0.5) is 10.1 Å². The van der Waals surface area contributed by atoms with E-state index in [2.05, 4.69) is 21.2 Å². The number of para-hydroxylation sites is 2. The SMILES string of the molecule is COc1ccccc1N1CCN(CC(=O)NC2=NC3CCc4cc(F)ccc4C3C2)CC1. The monoisotopic (exact) mass is 436 g/mol. The van der Waals surface area contributed by atoms with E-state index in [0.717, 1.165) is 68.3 Å². The number of nitrogens with one attached hydrogen (secondary N) is 1. The number of aryl methyl sites for hydroxylation is 1. The van der Waals surface area contributed by atoms with Gasteiger partial charge in [0.05, 0.1) is 25.4 Å². The van der Waals surface area contributed by atoms with Crippen LogP contribution in [0.5, 0.6) is 5.75 Å². The summed E-state index contributed by atoms with van der Waals surface area (Å²) in [5.74, 6) is 1.71. The summed E-state index contributed by atoms with van der Waals surface area (Å²) in [4.78, 5) is 22.0. The van der Waals surface area contributed by atoms with E-state index < -0.39 is 0 Å². The summed E-state index contributed by atoms with van der Waals surface area (Å²) in [7, 11) is 1.69. The molecule has 2 aromatic rings. The predicted octanol–water partition coefficient (Wildman–Crippen LogP) is 2.97. The summed E-state index contributed by atoms with van der Waals surface area (Å²) in [6.45, 7) is 3.72. The smallest absolute Gasteiger partial charge is 0.239 e. The molecule has 0 bridgehead atoms. The Labute approximate surface area is 188 Å². The molecule has 5 rings (SSSR count). The molecule has 2 aromatic carbocycles. The standard InChI is InChI=1S/C25H29FN4O2/c1-32-23-5-3-2-4-22(23)30-12-10-29(11-13-30)16-25(31)28-24-15-20-19-8-7-18(26)14-17(19)6-9-21(20)27-24/h2-5,7-8,14,20-21H,6,9-13,15-16H2,1H3,(H,27,28,31). The number of carbonyl (C=O) groups is 1. The van der Waals surface area contributed by atoms with E-state index in [9.17, 15) is 9.18 Å². The van der Waals surface area contributed by atoms with Crippen molar-refractivity contribution in [3.63, 3.8) is 0 Å². The lowest BCUT2D eigenvalue weighted by Crippen LogP contribution is -2.50. The second-order valence-corrected chi connectivity index (χ2v) is 8.82. The lowest BCUT2D eigenvalue weighted by atomic mass is 9.79. The normalized spacial score (nSPS) is 22.7. The van der Waals surface area contributed by atoms with Crippen LogP contribution in [0.15, 0.2) is 47.5 Å². The van der Waals surface area contributed by atoms with Crippen molar-refractivity contribution in [3.8, 4) is 5.75 Å². The van der Waals surface area contributed by atoms with Gasteiger partial charge < -0.3 is 15.0 Å². The zero-order valence-electron chi connectivity index (χ0n) is 18.4. The van der Waals surface area contributed by atoms with Gasteiger partial charge in [-0.1, -0.05) is 18.2 Å². The molecule has 1 N–H and O–H groups in total. The molecule has 1 aliphatic carbocycles. The topological polar surface area (TPSA) is 57.2 Å². The molecule has 1 saturated heterocycles. The van der Waals surface area contributed by atoms with Crippen LogP contribution >= 0.6 is 0 Å². The molecule has 6 nitrogen and oxygen atoms in total. The predicted molar refractivity (Wildman–Crippen MR) is 123 cm³/mol. The number of carbonyl (C=O) groups excluding carboxylic acids is 1. The van der Waals surface area contributed by atoms with E-state index in [1.54, 1.807) is 13.2 Å². The number of fused-ring (bicyclic) bond motifs is 3. The number of benzene rings is 2. The lowest BCUT2D eigenvalue weighted by molar-refractivity contribution is -0.120. The van der Waals surface area contributed by atoms with Crippen LogP contribution in [0.3, 0.4) is 0 Å². The maximum absolute atomic E-state index is 13.6. The summed E-state index contributed by atoms with van der Waals surface area (Å²) in [5, 5.41) is 3.05. The number of nitrogens with zero attached hydrogens (tertiary/aromatic N) is 3. The Bertz CT molecular complexity index is 1030. The van der Waals surface area contributed by atoms with Gasteiger partial charge in [-0.2, -0.15) is 0 Å². The third-order valence-corrected chi connectivity index (χ3v) is 6.86. The zero-order valence-corrected chi connectivity index (χ0v) is 18.4. The maximum Gasteiger partial charge on any atom is 0.239 e. The van der Waals surface area contributed by atoms with Crippen LogP contribution in [0.1, 0.15) is 29.9 Å². The van der Waals surface area contributed by atoms with Crippen molar-refractivity contribution >= 4 is 17.4 Å². The maximum atomic E-state index is 13.6. The number of amidine groups is 1. The second-order valence-electron chi connectivity index (χ2n) is 8.82. The fraction of sp³-hybridized carbons (Fsp3) is 0.440. The lowest BCUT2D eigenvalue weighted by Gasteiger charge is -2.36. The molecule has 2 atom stereocenters. The van der Waals surface area contributed by atoms with E-state index in [1.165, 1.54) is 11.6 Å². The van der Waals surface area contributed by atoms with Gasteiger partial charge in [-0.05, 0) is 48.2 Å². The van der Waals surface area contributed by atoms with Crippen molar-refractivity contribution in [1.29, 1.82) is 0 Å². The van der Waals surface area contributed by atoms with E-state index in [4.69, 9.17) is 9.73 Å². The number of ether oxygens (including phenoxy) is 1. The first-order chi connectivity index (χ1) is 15.6. The molecule has 0 spiro atoms. The number of halogens is 1. The van der Waals surface area contributed by atoms with Gasteiger partial charge in [-0.25, -0.2) is 4.39 Å². The molecule has 1 fully saturated rings. The molecular formula is C25H29FN4O2. The molecular weight excluding hydrogens is 407 g/mol. The van der Waals surface area contributed by atoms with Crippen molar-refractivity contribution in [3.05, 3.63) is 59.4 Å². The van der Waals surface area contributed by atoms with Gasteiger partial charge in [0.2, 0.25) is 5.91 Å². The minimum Gasteiger partial charge on any atom is -0.495 e. The Morgan fingerprint density at radius 3 is 2.81 bits per heavy atom. The van der Waals surface area contributed by atoms with Crippen LogP contribution in [-0.2, 0) is 11.2 Å². The fourth-order valence-corrected chi connectivity index (χ4v) is 5.25. The summed E-state index contributed by atoms with van der Waals surface area (Å²) < 4.78 is 19.0. The number of rotatable bonds is 4. The molecule has 0 saturated carbocycles. The van der Waals surface area contributed by atoms with Crippen LogP contribution < -0.4 is 15.0 Å². The van der Waals surface area contributed by atoms with Gasteiger partial charge in [-0.15, -0.1) is 0 Å². The van der Waals surface area contributed by atoms with Gasteiger partial charge in [0.15, 0.2) is 0 Å². The first-order valence-corrected chi connectivity index (χ1v) is 11.4. The molecule has 0 aromatic heterocycles. The highest BCUT2D eigenvalue weighted by Crippen LogP contribution is 2.40. The van der Waals surface area contributed by atoms with E-state index in [-0.39, 0.29) is 23.7 Å². The highest BCUT2D eigenvalue weighted by atomic mass is 19.1. The Morgan fingerprint density at radius 1 is 1.19 bits per heavy atom. The number of piperazine rings is 1. The van der Waals surface area contributed by atoms with Gasteiger partial charge >= 0.3 is 0 Å². The zero-order chi connectivity index (χ0) is 22.1. The van der Waals surface area contributed by atoms with Crippen molar-refractivity contribution < 1.29 is 13.9 Å². The average Bonchev–Trinajstić information content (AvgIpc) is 3.22. The van der Waals surface area contributed by atoms with Crippen molar-refractivity contribution in [2.24, 2.45) is 4.99 Å². The third-order valence-electron chi connectivity index (χ3n) is 6.86. The molecule has 2 unspecified atom stereocenters. The van der Waals surface area contributed by atoms with Gasteiger partial charge in [0.25, 0.3) is 0 Å². The van der Waals surface area contributed by atoms with Gasteiger partial charge in [-0.3, -0.25) is 14.7 Å². The summed E-state index contributed by atoms with van der Waals surface area (Å²) in [6.07, 6.45) is 2.47. The van der Waals surface area contributed by atoms with E-state index in [0.29, 0.717) is 6.54 Å². The van der Waals surface area contributed by atoms with E-state index >= 15 is 0 Å². The Hall–Kier alpha value is -2.93. The summed E-state index contributed by atoms with van der Waals surface area (Å²) in [5.41, 5.74) is 3.37. The number of hydrogen-bond acceptors (Lipinski definition) is 5. The Kier molecular flexibility index (Phi) is 5.83. The molecule has 0 radical (unpaired) electrons. The van der Waals surface area contributed by atoms with Crippen molar-refractivity contribution in [2.45, 2.75) is 31.2 Å². The number of anilines is 1. The number of aliphatic imine (C=N–C) groups is 1. The van der Waals surface area contributed by atoms with E-state index in [1.807, 2.05) is 24.3 Å². The third kappa shape index (κ3) is 4.21. The quantitative estimate of drug-likeness (QED) is 0.801. The van der Waals surface area contributed by atoms with Gasteiger partial charge in [0.1, 0.15) is 17.4 Å². The van der Waals surface area contributed by atoms with Gasteiger partial charge in [0, 0.05) is 38.5 Å². The molecule has 32 heavy (non-hydrogen) atoms. The number of amides is 1. The molecule has 1 amide bonds. The molecule has 2 heterocycles.